The van der Waals surface area contributed by atoms with Crippen molar-refractivity contribution in [3.8, 4) is 28.2 Å². The number of para-hydroxylation sites is 2. The van der Waals surface area contributed by atoms with Crippen LogP contribution in [0, 0.1) is 0 Å². The molecule has 5 heteroatoms. The van der Waals surface area contributed by atoms with Crippen molar-refractivity contribution in [2.24, 2.45) is 0 Å². The first-order valence-electron chi connectivity index (χ1n) is 15.3. The summed E-state index contributed by atoms with van der Waals surface area (Å²) in [5.74, 6) is 0.840. The molecule has 7 aromatic rings. The average molecular weight is 602 g/mol. The highest BCUT2D eigenvalue weighted by Gasteiger charge is 2.43. The van der Waals surface area contributed by atoms with Gasteiger partial charge in [0.2, 0.25) is 0 Å². The molecule has 3 nitrogen and oxygen atoms in total. The molecule has 1 aliphatic heterocycles. The van der Waals surface area contributed by atoms with E-state index in [1.807, 2.05) is 24.2 Å². The van der Waals surface area contributed by atoms with Crippen LogP contribution in [0.4, 0.5) is 0 Å². The molecule has 0 saturated carbocycles. The van der Waals surface area contributed by atoms with Gasteiger partial charge in [-0.1, -0.05) is 130 Å². The van der Waals surface area contributed by atoms with Crippen molar-refractivity contribution in [2.75, 3.05) is 0 Å². The topological polar surface area (TPSA) is 30.7 Å². The fourth-order valence-electron chi connectivity index (χ4n) is 7.71. The SMILES string of the molecule is CC1(C)c2ccccc2-c2c1ccc1c2Sc2c(-c3cncc(-n4c5ccccc5c5ccccc54)n3)cccc2[Si]1(C)C. The van der Waals surface area contributed by atoms with Gasteiger partial charge >= 0.3 is 0 Å². The molecule has 0 radical (unpaired) electrons. The summed E-state index contributed by atoms with van der Waals surface area (Å²) in [5.41, 5.74) is 10.0. The minimum Gasteiger partial charge on any atom is -0.292 e. The molecule has 1 aliphatic carbocycles. The van der Waals surface area contributed by atoms with Crippen molar-refractivity contribution in [1.29, 1.82) is 0 Å². The Labute approximate surface area is 262 Å². The van der Waals surface area contributed by atoms with Gasteiger partial charge in [-0.3, -0.25) is 9.55 Å². The molecular weight excluding hydrogens is 571 g/mol. The van der Waals surface area contributed by atoms with E-state index in [0.717, 1.165) is 28.1 Å². The van der Waals surface area contributed by atoms with Crippen molar-refractivity contribution in [2.45, 2.75) is 42.1 Å². The van der Waals surface area contributed by atoms with Crippen LogP contribution in [-0.4, -0.2) is 22.6 Å². The molecule has 0 saturated heterocycles. The molecule has 0 amide bonds. The molecule has 5 aromatic carbocycles. The first kappa shape index (κ1) is 26.0. The molecule has 9 rings (SSSR count). The van der Waals surface area contributed by atoms with Gasteiger partial charge in [0, 0.05) is 31.5 Å². The van der Waals surface area contributed by atoms with Gasteiger partial charge in [-0.15, -0.1) is 0 Å². The second-order valence-electron chi connectivity index (χ2n) is 13.1. The summed E-state index contributed by atoms with van der Waals surface area (Å²) >= 11 is 1.94. The van der Waals surface area contributed by atoms with E-state index < -0.39 is 8.07 Å². The predicted octanol–water partition coefficient (Wildman–Crippen LogP) is 8.83. The summed E-state index contributed by atoms with van der Waals surface area (Å²) in [6.45, 7) is 9.75. The van der Waals surface area contributed by atoms with E-state index in [9.17, 15) is 0 Å². The van der Waals surface area contributed by atoms with Gasteiger partial charge < -0.3 is 0 Å². The van der Waals surface area contributed by atoms with Gasteiger partial charge in [-0.05, 0) is 44.8 Å². The van der Waals surface area contributed by atoms with Crippen LogP contribution in [0.2, 0.25) is 13.1 Å². The standard InChI is InChI=1S/C39H31N3SSi/c1-39(2)28-16-8-5-14-26(28)36-29(39)20-21-34-38(36)43-37-27(15-11-19-33(37)44(34,3)4)30-22-40-23-35(41-30)42-31-17-9-6-12-24(31)25-13-7-10-18-32(25)42/h5-23H,1-4H3. The van der Waals surface area contributed by atoms with E-state index in [1.54, 1.807) is 0 Å². The van der Waals surface area contributed by atoms with E-state index in [2.05, 4.69) is 135 Å². The predicted molar refractivity (Wildman–Crippen MR) is 187 cm³/mol. The van der Waals surface area contributed by atoms with Crippen molar-refractivity contribution < 1.29 is 0 Å². The molecule has 0 atom stereocenters. The molecule has 0 N–H and O–H groups in total. The molecular formula is C39H31N3SSi. The van der Waals surface area contributed by atoms with Crippen molar-refractivity contribution in [3.05, 3.63) is 127 Å². The van der Waals surface area contributed by atoms with E-state index in [-0.39, 0.29) is 5.41 Å². The first-order chi connectivity index (χ1) is 21.4. The van der Waals surface area contributed by atoms with Crippen molar-refractivity contribution in [3.63, 3.8) is 0 Å². The molecule has 2 aromatic heterocycles. The Balaban J connectivity index is 1.25. The number of hydrogen-bond donors (Lipinski definition) is 0. The lowest BCUT2D eigenvalue weighted by atomic mass is 9.82. The van der Waals surface area contributed by atoms with Gasteiger partial charge in [-0.25, -0.2) is 4.98 Å². The number of aromatic nitrogens is 3. The van der Waals surface area contributed by atoms with Crippen molar-refractivity contribution in [1.82, 2.24) is 14.5 Å². The van der Waals surface area contributed by atoms with Crippen molar-refractivity contribution >= 4 is 52.0 Å². The summed E-state index contributed by atoms with van der Waals surface area (Å²) in [4.78, 5) is 12.9. The zero-order chi connectivity index (χ0) is 29.8. The second kappa shape index (κ2) is 9.04. The summed E-state index contributed by atoms with van der Waals surface area (Å²) in [7, 11) is -2.02. The largest absolute Gasteiger partial charge is 0.292 e. The summed E-state index contributed by atoms with van der Waals surface area (Å²) < 4.78 is 2.25. The smallest absolute Gasteiger partial charge is 0.156 e. The third kappa shape index (κ3) is 3.39. The Hall–Kier alpha value is -4.45. The second-order valence-corrected chi connectivity index (χ2v) is 18.4. The molecule has 3 heterocycles. The highest BCUT2D eigenvalue weighted by atomic mass is 32.2. The average Bonchev–Trinajstić information content (AvgIpc) is 3.50. The third-order valence-corrected chi connectivity index (χ3v) is 15.1. The van der Waals surface area contributed by atoms with E-state index in [1.165, 1.54) is 53.2 Å². The maximum atomic E-state index is 5.33. The highest BCUT2D eigenvalue weighted by molar-refractivity contribution is 8.00. The number of fused-ring (bicyclic) bond motifs is 9. The van der Waals surface area contributed by atoms with Crippen LogP contribution in [0.15, 0.2) is 125 Å². The summed E-state index contributed by atoms with van der Waals surface area (Å²) in [6, 6.07) is 37.8. The lowest BCUT2D eigenvalue weighted by Gasteiger charge is -2.35. The minimum absolute atomic E-state index is 0.0187. The number of nitrogens with zero attached hydrogens (tertiary/aromatic N) is 3. The van der Waals surface area contributed by atoms with Crippen LogP contribution in [0.1, 0.15) is 25.0 Å². The van der Waals surface area contributed by atoms with Gasteiger partial charge in [0.05, 0.1) is 29.1 Å². The zero-order valence-electron chi connectivity index (χ0n) is 25.2. The molecule has 0 bridgehead atoms. The first-order valence-corrected chi connectivity index (χ1v) is 19.1. The fourth-order valence-corrected chi connectivity index (χ4v) is 13.4. The van der Waals surface area contributed by atoms with E-state index in [4.69, 9.17) is 9.97 Å². The molecule has 2 aliphatic rings. The quantitative estimate of drug-likeness (QED) is 0.186. The monoisotopic (exact) mass is 601 g/mol. The summed E-state index contributed by atoms with van der Waals surface area (Å²) in [6.07, 6.45) is 3.83. The Kier molecular flexibility index (Phi) is 5.34. The summed E-state index contributed by atoms with van der Waals surface area (Å²) in [5, 5.41) is 5.46. The number of hydrogen-bond acceptors (Lipinski definition) is 3. The van der Waals surface area contributed by atoms with E-state index in [0.29, 0.717) is 0 Å². The number of rotatable bonds is 2. The van der Waals surface area contributed by atoms with Crippen LogP contribution in [0.5, 0.6) is 0 Å². The third-order valence-electron chi connectivity index (χ3n) is 9.97. The Morgan fingerprint density at radius 2 is 1.30 bits per heavy atom. The van der Waals surface area contributed by atoms with Crippen LogP contribution >= 0.6 is 11.8 Å². The fraction of sp³-hybridized carbons (Fsp3) is 0.128. The Bertz CT molecular complexity index is 2280. The normalized spacial score (nSPS) is 15.5. The van der Waals surface area contributed by atoms with Gasteiger partial charge in [0.15, 0.2) is 5.82 Å². The van der Waals surface area contributed by atoms with Gasteiger partial charge in [-0.2, -0.15) is 0 Å². The van der Waals surface area contributed by atoms with Crippen LogP contribution in [0.3, 0.4) is 0 Å². The maximum Gasteiger partial charge on any atom is 0.156 e. The maximum absolute atomic E-state index is 5.33. The molecule has 0 spiro atoms. The molecule has 0 fully saturated rings. The zero-order valence-corrected chi connectivity index (χ0v) is 27.0. The Morgan fingerprint density at radius 1 is 0.636 bits per heavy atom. The van der Waals surface area contributed by atoms with Gasteiger partial charge in [0.25, 0.3) is 0 Å². The molecule has 0 unspecified atom stereocenters. The lowest BCUT2D eigenvalue weighted by molar-refractivity contribution is 0.660. The van der Waals surface area contributed by atoms with Gasteiger partial charge in [0.1, 0.15) is 8.07 Å². The number of benzene rings is 5. The lowest BCUT2D eigenvalue weighted by Crippen LogP contribution is -2.56. The Morgan fingerprint density at radius 3 is 2.07 bits per heavy atom. The van der Waals surface area contributed by atoms with Crippen LogP contribution in [-0.2, 0) is 5.41 Å². The van der Waals surface area contributed by atoms with E-state index >= 15 is 0 Å². The molecule has 44 heavy (non-hydrogen) atoms. The van der Waals surface area contributed by atoms with Crippen LogP contribution in [0.25, 0.3) is 50.0 Å². The van der Waals surface area contributed by atoms with Crippen LogP contribution < -0.4 is 10.4 Å². The minimum atomic E-state index is -2.02. The highest BCUT2D eigenvalue weighted by Crippen LogP contribution is 2.54. The molecule has 212 valence electrons.